The molecule has 1 unspecified atom stereocenters. The molecule has 116 valence electrons. The first-order chi connectivity index (χ1) is 10.7. The highest BCUT2D eigenvalue weighted by molar-refractivity contribution is 5.97. The second-order valence-corrected chi connectivity index (χ2v) is 5.26. The number of anilines is 1. The van der Waals surface area contributed by atoms with Crippen LogP contribution < -0.4 is 20.8 Å². The third kappa shape index (κ3) is 3.19. The van der Waals surface area contributed by atoms with E-state index in [1.165, 1.54) is 0 Å². The van der Waals surface area contributed by atoms with Crippen LogP contribution in [0.3, 0.4) is 0 Å². The van der Waals surface area contributed by atoms with Gasteiger partial charge in [0.1, 0.15) is 5.75 Å². The Bertz CT molecular complexity index is 615. The minimum Gasteiger partial charge on any atom is -0.493 e. The third-order valence-corrected chi connectivity index (χ3v) is 3.73. The summed E-state index contributed by atoms with van der Waals surface area (Å²) < 4.78 is 5.46. The van der Waals surface area contributed by atoms with Crippen LogP contribution in [-0.2, 0) is 11.2 Å². The predicted octanol–water partition coefficient (Wildman–Crippen LogP) is 1.25. The van der Waals surface area contributed by atoms with Gasteiger partial charge in [-0.3, -0.25) is 4.79 Å². The zero-order valence-electron chi connectivity index (χ0n) is 12.1. The van der Waals surface area contributed by atoms with E-state index in [0.717, 1.165) is 23.4 Å². The summed E-state index contributed by atoms with van der Waals surface area (Å²) in [6.07, 6.45) is 3.80. The SMILES string of the molecule is O=C(NCCCC1C=NNC1=O)Nc1cccc2c1CCO2. The largest absolute Gasteiger partial charge is 0.493 e. The van der Waals surface area contributed by atoms with E-state index in [1.807, 2.05) is 18.2 Å². The molecule has 2 aliphatic rings. The van der Waals surface area contributed by atoms with Gasteiger partial charge in [0.25, 0.3) is 0 Å². The standard InChI is InChI=1S/C15H18N4O3/c20-14-10(9-17-19-14)3-2-7-16-15(21)18-12-4-1-5-13-11(12)6-8-22-13/h1,4-5,9-10H,2-3,6-8H2,(H,19,20)(H2,16,18,21). The number of nitrogens with one attached hydrogen (secondary N) is 3. The van der Waals surface area contributed by atoms with Crippen LogP contribution in [-0.4, -0.2) is 31.3 Å². The van der Waals surface area contributed by atoms with E-state index in [1.54, 1.807) is 6.21 Å². The molecular formula is C15H18N4O3. The maximum Gasteiger partial charge on any atom is 0.319 e. The van der Waals surface area contributed by atoms with Crippen molar-refractivity contribution in [2.75, 3.05) is 18.5 Å². The number of amides is 3. The molecule has 0 saturated heterocycles. The van der Waals surface area contributed by atoms with E-state index in [0.29, 0.717) is 26.0 Å². The van der Waals surface area contributed by atoms with Gasteiger partial charge in [-0.15, -0.1) is 0 Å². The number of ether oxygens (including phenoxy) is 1. The van der Waals surface area contributed by atoms with Gasteiger partial charge < -0.3 is 15.4 Å². The van der Waals surface area contributed by atoms with Crippen molar-refractivity contribution in [3.05, 3.63) is 23.8 Å². The first-order valence-corrected chi connectivity index (χ1v) is 7.36. The van der Waals surface area contributed by atoms with Gasteiger partial charge in [-0.2, -0.15) is 5.10 Å². The van der Waals surface area contributed by atoms with Crippen molar-refractivity contribution >= 4 is 23.8 Å². The third-order valence-electron chi connectivity index (χ3n) is 3.73. The van der Waals surface area contributed by atoms with Crippen molar-refractivity contribution in [3.63, 3.8) is 0 Å². The van der Waals surface area contributed by atoms with Crippen LogP contribution in [0.2, 0.25) is 0 Å². The van der Waals surface area contributed by atoms with Gasteiger partial charge in [0.15, 0.2) is 0 Å². The maximum absolute atomic E-state index is 11.9. The molecule has 0 aliphatic carbocycles. The second kappa shape index (κ2) is 6.46. The van der Waals surface area contributed by atoms with E-state index >= 15 is 0 Å². The molecule has 0 bridgehead atoms. The summed E-state index contributed by atoms with van der Waals surface area (Å²) >= 11 is 0. The highest BCUT2D eigenvalue weighted by atomic mass is 16.5. The molecule has 0 radical (unpaired) electrons. The molecule has 3 N–H and O–H groups in total. The summed E-state index contributed by atoms with van der Waals surface area (Å²) in [7, 11) is 0. The Labute approximate surface area is 128 Å². The van der Waals surface area contributed by atoms with Crippen molar-refractivity contribution < 1.29 is 14.3 Å². The van der Waals surface area contributed by atoms with E-state index in [-0.39, 0.29) is 17.9 Å². The van der Waals surface area contributed by atoms with Crippen LogP contribution in [0.4, 0.5) is 10.5 Å². The molecule has 3 rings (SSSR count). The smallest absolute Gasteiger partial charge is 0.319 e. The van der Waals surface area contributed by atoms with Gasteiger partial charge >= 0.3 is 6.03 Å². The highest BCUT2D eigenvalue weighted by Gasteiger charge is 2.20. The number of benzene rings is 1. The average molecular weight is 302 g/mol. The molecule has 7 nitrogen and oxygen atoms in total. The molecule has 0 saturated carbocycles. The monoisotopic (exact) mass is 302 g/mol. The van der Waals surface area contributed by atoms with Crippen molar-refractivity contribution in [1.29, 1.82) is 0 Å². The van der Waals surface area contributed by atoms with Crippen LogP contribution in [0.5, 0.6) is 5.75 Å². The molecule has 1 aromatic carbocycles. The van der Waals surface area contributed by atoms with Gasteiger partial charge in [-0.1, -0.05) is 6.07 Å². The lowest BCUT2D eigenvalue weighted by atomic mass is 10.1. The van der Waals surface area contributed by atoms with E-state index in [9.17, 15) is 9.59 Å². The molecule has 0 fully saturated rings. The minimum absolute atomic E-state index is 0.0794. The fourth-order valence-electron chi connectivity index (χ4n) is 2.58. The Kier molecular flexibility index (Phi) is 4.22. The maximum atomic E-state index is 11.9. The van der Waals surface area contributed by atoms with Gasteiger partial charge in [0.2, 0.25) is 5.91 Å². The quantitative estimate of drug-likeness (QED) is 0.715. The lowest BCUT2D eigenvalue weighted by Crippen LogP contribution is -2.30. The Morgan fingerprint density at radius 3 is 3.18 bits per heavy atom. The van der Waals surface area contributed by atoms with Crippen LogP contribution in [0.25, 0.3) is 0 Å². The van der Waals surface area contributed by atoms with Crippen LogP contribution in [0.1, 0.15) is 18.4 Å². The molecular weight excluding hydrogens is 284 g/mol. The molecule has 22 heavy (non-hydrogen) atoms. The lowest BCUT2D eigenvalue weighted by molar-refractivity contribution is -0.122. The summed E-state index contributed by atoms with van der Waals surface area (Å²) in [6, 6.07) is 5.38. The molecule has 0 spiro atoms. The summed E-state index contributed by atoms with van der Waals surface area (Å²) in [5.41, 5.74) is 4.22. The van der Waals surface area contributed by atoms with Crippen LogP contribution in [0, 0.1) is 5.92 Å². The normalized spacial score (nSPS) is 18.5. The van der Waals surface area contributed by atoms with Gasteiger partial charge in [-0.25, -0.2) is 10.2 Å². The van der Waals surface area contributed by atoms with Crippen molar-refractivity contribution in [3.8, 4) is 5.75 Å². The minimum atomic E-state index is -0.246. The van der Waals surface area contributed by atoms with E-state index in [4.69, 9.17) is 4.74 Å². The number of hydrogen-bond acceptors (Lipinski definition) is 4. The highest BCUT2D eigenvalue weighted by Crippen LogP contribution is 2.31. The molecule has 7 heteroatoms. The number of rotatable bonds is 5. The molecule has 1 atom stereocenters. The lowest BCUT2D eigenvalue weighted by Gasteiger charge is -2.11. The number of hydrazone groups is 1. The Hall–Kier alpha value is -2.57. The second-order valence-electron chi connectivity index (χ2n) is 5.26. The van der Waals surface area contributed by atoms with Gasteiger partial charge in [0.05, 0.1) is 12.5 Å². The first kappa shape index (κ1) is 14.4. The summed E-state index contributed by atoms with van der Waals surface area (Å²) in [6.45, 7) is 1.16. The van der Waals surface area contributed by atoms with Crippen molar-refractivity contribution in [2.45, 2.75) is 19.3 Å². The molecule has 2 aliphatic heterocycles. The van der Waals surface area contributed by atoms with Gasteiger partial charge in [0, 0.05) is 30.4 Å². The number of nitrogens with zero attached hydrogens (tertiary/aromatic N) is 1. The number of hydrogen-bond donors (Lipinski definition) is 3. The van der Waals surface area contributed by atoms with Crippen LogP contribution >= 0.6 is 0 Å². The molecule has 2 heterocycles. The number of carbonyl (C=O) groups excluding carboxylic acids is 2. The molecule has 0 aromatic heterocycles. The zero-order valence-corrected chi connectivity index (χ0v) is 12.1. The summed E-state index contributed by atoms with van der Waals surface area (Å²) in [5, 5.41) is 9.35. The summed E-state index contributed by atoms with van der Waals surface area (Å²) in [5.74, 6) is 0.577. The topological polar surface area (TPSA) is 91.8 Å². The van der Waals surface area contributed by atoms with E-state index < -0.39 is 0 Å². The number of carbonyl (C=O) groups is 2. The Morgan fingerprint density at radius 2 is 2.36 bits per heavy atom. The Morgan fingerprint density at radius 1 is 1.45 bits per heavy atom. The zero-order chi connectivity index (χ0) is 15.4. The average Bonchev–Trinajstić information content (AvgIpc) is 3.13. The fraction of sp³-hybridized carbons (Fsp3) is 0.400. The van der Waals surface area contributed by atoms with Crippen molar-refractivity contribution in [1.82, 2.24) is 10.7 Å². The first-order valence-electron chi connectivity index (χ1n) is 7.36. The van der Waals surface area contributed by atoms with Crippen LogP contribution in [0.15, 0.2) is 23.3 Å². The number of fused-ring (bicyclic) bond motifs is 1. The fourth-order valence-corrected chi connectivity index (χ4v) is 2.58. The summed E-state index contributed by atoms with van der Waals surface area (Å²) in [4.78, 5) is 23.2. The predicted molar refractivity (Wildman–Crippen MR) is 82.0 cm³/mol. The number of urea groups is 1. The molecule has 1 aromatic rings. The van der Waals surface area contributed by atoms with Crippen molar-refractivity contribution in [2.24, 2.45) is 11.0 Å². The molecule has 3 amide bonds. The van der Waals surface area contributed by atoms with Gasteiger partial charge in [-0.05, 0) is 25.0 Å². The van der Waals surface area contributed by atoms with E-state index in [2.05, 4.69) is 21.2 Å². The Balaban J connectivity index is 1.42.